The van der Waals surface area contributed by atoms with Gasteiger partial charge < -0.3 is 0 Å². The Bertz CT molecular complexity index is 1170. The molecular formula is C18H17N3O3S. The molecule has 6 nitrogen and oxygen atoms in total. The van der Waals surface area contributed by atoms with E-state index in [0.717, 1.165) is 21.4 Å². The number of pyridine rings is 1. The highest BCUT2D eigenvalue weighted by Crippen LogP contribution is 2.38. The number of Topliss-reactive ketones (excluding diaryl/α,β-unsaturated/α-hetero) is 1. The molecule has 0 N–H and O–H groups in total. The topological polar surface area (TPSA) is 74.0 Å². The van der Waals surface area contributed by atoms with Crippen molar-refractivity contribution in [3.63, 3.8) is 0 Å². The molecule has 0 saturated carbocycles. The third-order valence-electron chi connectivity index (χ3n) is 4.85. The molecule has 0 aromatic carbocycles. The molecule has 25 heavy (non-hydrogen) atoms. The molecule has 0 radical (unpaired) electrons. The maximum atomic E-state index is 12.9. The summed E-state index contributed by atoms with van der Waals surface area (Å²) in [4.78, 5) is 43.4. The summed E-state index contributed by atoms with van der Waals surface area (Å²) in [6.07, 6.45) is 1.88. The number of fused-ring (bicyclic) bond motifs is 2. The fourth-order valence-electron chi connectivity index (χ4n) is 3.51. The summed E-state index contributed by atoms with van der Waals surface area (Å²) in [7, 11) is 3.07. The number of rotatable bonds is 1. The van der Waals surface area contributed by atoms with Gasteiger partial charge in [-0.15, -0.1) is 11.3 Å². The van der Waals surface area contributed by atoms with Gasteiger partial charge in [-0.3, -0.25) is 18.7 Å². The van der Waals surface area contributed by atoms with Gasteiger partial charge in [-0.1, -0.05) is 0 Å². The van der Waals surface area contributed by atoms with Gasteiger partial charge >= 0.3 is 5.69 Å². The second-order valence-corrected chi connectivity index (χ2v) is 7.34. The first-order valence-electron chi connectivity index (χ1n) is 8.12. The largest absolute Gasteiger partial charge is 0.332 e. The number of hydrogen-bond donors (Lipinski definition) is 0. The van der Waals surface area contributed by atoms with Crippen molar-refractivity contribution in [1.82, 2.24) is 14.1 Å². The van der Waals surface area contributed by atoms with Gasteiger partial charge in [0.2, 0.25) is 0 Å². The number of hydrogen-bond acceptors (Lipinski definition) is 5. The van der Waals surface area contributed by atoms with Gasteiger partial charge in [0.15, 0.2) is 5.78 Å². The van der Waals surface area contributed by atoms with Crippen molar-refractivity contribution in [2.45, 2.75) is 26.2 Å². The molecule has 0 bridgehead atoms. The van der Waals surface area contributed by atoms with Gasteiger partial charge in [0.25, 0.3) is 5.56 Å². The summed E-state index contributed by atoms with van der Waals surface area (Å²) >= 11 is 1.50. The average molecular weight is 355 g/mol. The lowest BCUT2D eigenvalue weighted by atomic mass is 9.88. The molecule has 0 spiro atoms. The van der Waals surface area contributed by atoms with Gasteiger partial charge in [0, 0.05) is 36.5 Å². The van der Waals surface area contributed by atoms with Crippen LogP contribution in [-0.2, 0) is 20.5 Å². The maximum Gasteiger partial charge on any atom is 0.332 e. The van der Waals surface area contributed by atoms with Crippen molar-refractivity contribution in [1.29, 1.82) is 0 Å². The second-order valence-electron chi connectivity index (χ2n) is 6.42. The fourth-order valence-corrected chi connectivity index (χ4v) is 4.50. The fraction of sp³-hybridized carbons (Fsp3) is 0.333. The number of carbonyl (C=O) groups is 1. The van der Waals surface area contributed by atoms with E-state index in [0.29, 0.717) is 40.7 Å². The van der Waals surface area contributed by atoms with E-state index in [-0.39, 0.29) is 5.78 Å². The molecule has 1 aliphatic carbocycles. The van der Waals surface area contributed by atoms with Crippen molar-refractivity contribution in [2.24, 2.45) is 14.1 Å². The quantitative estimate of drug-likeness (QED) is 0.671. The highest BCUT2D eigenvalue weighted by molar-refractivity contribution is 7.13. The molecule has 3 heterocycles. The van der Waals surface area contributed by atoms with E-state index in [1.807, 2.05) is 18.4 Å². The molecule has 1 aliphatic rings. The smallest absolute Gasteiger partial charge is 0.294 e. The zero-order valence-corrected chi connectivity index (χ0v) is 15.1. The molecule has 0 amide bonds. The standard InChI is InChI=1S/C18H17N3O3S/c1-9-7-8-25-15(9)13-12-10(5-4-6-11(12)22)19-16-14(13)17(23)21(3)18(24)20(16)2/h7-8H,4-6H2,1-3H3. The van der Waals surface area contributed by atoms with Gasteiger partial charge in [-0.05, 0) is 36.8 Å². The minimum Gasteiger partial charge on any atom is -0.294 e. The highest BCUT2D eigenvalue weighted by atomic mass is 32.1. The van der Waals surface area contributed by atoms with Gasteiger partial charge in [-0.2, -0.15) is 0 Å². The van der Waals surface area contributed by atoms with Crippen molar-refractivity contribution < 1.29 is 4.79 Å². The molecule has 0 aliphatic heterocycles. The monoisotopic (exact) mass is 355 g/mol. The van der Waals surface area contributed by atoms with Crippen LogP contribution in [-0.4, -0.2) is 19.9 Å². The highest BCUT2D eigenvalue weighted by Gasteiger charge is 2.29. The molecule has 128 valence electrons. The van der Waals surface area contributed by atoms with Gasteiger partial charge in [-0.25, -0.2) is 9.78 Å². The van der Waals surface area contributed by atoms with Gasteiger partial charge in [0.05, 0.1) is 11.1 Å². The van der Waals surface area contributed by atoms with Crippen LogP contribution in [0.2, 0.25) is 0 Å². The molecule has 3 aromatic heterocycles. The normalized spacial score (nSPS) is 14.1. The maximum absolute atomic E-state index is 12.9. The molecule has 0 saturated heterocycles. The first kappa shape index (κ1) is 16.0. The number of aryl methyl sites for hydroxylation is 3. The van der Waals surface area contributed by atoms with E-state index in [4.69, 9.17) is 0 Å². The van der Waals surface area contributed by atoms with Crippen LogP contribution in [0, 0.1) is 6.92 Å². The molecule has 7 heteroatoms. The molecule has 0 atom stereocenters. The number of aromatic nitrogens is 3. The Morgan fingerprint density at radius 1 is 1.08 bits per heavy atom. The number of ketones is 1. The lowest BCUT2D eigenvalue weighted by Crippen LogP contribution is -2.38. The van der Waals surface area contributed by atoms with Crippen LogP contribution in [0.25, 0.3) is 21.5 Å². The van der Waals surface area contributed by atoms with E-state index < -0.39 is 11.2 Å². The SMILES string of the molecule is Cc1ccsc1-c1c2c(nc3c1c(=O)n(C)c(=O)n3C)CCCC2=O. The molecule has 0 unspecified atom stereocenters. The Hall–Kier alpha value is -2.54. The number of nitrogens with zero attached hydrogens (tertiary/aromatic N) is 3. The summed E-state index contributed by atoms with van der Waals surface area (Å²) in [5, 5.41) is 2.30. The zero-order valence-electron chi connectivity index (χ0n) is 14.3. The van der Waals surface area contributed by atoms with Gasteiger partial charge in [0.1, 0.15) is 5.65 Å². The summed E-state index contributed by atoms with van der Waals surface area (Å²) in [6, 6.07) is 1.97. The lowest BCUT2D eigenvalue weighted by molar-refractivity contribution is 0.0972. The number of carbonyl (C=O) groups excluding carboxylic acids is 1. The van der Waals surface area contributed by atoms with E-state index in [1.54, 1.807) is 7.05 Å². The molecule has 4 rings (SSSR count). The number of thiophene rings is 1. The Labute approximate surface area is 147 Å². The van der Waals surface area contributed by atoms with E-state index in [1.165, 1.54) is 23.0 Å². The predicted molar refractivity (Wildman–Crippen MR) is 97.5 cm³/mol. The predicted octanol–water partition coefficient (Wildman–Crippen LogP) is 2.19. The Morgan fingerprint density at radius 2 is 1.84 bits per heavy atom. The first-order valence-corrected chi connectivity index (χ1v) is 9.00. The second kappa shape index (κ2) is 5.49. The first-order chi connectivity index (χ1) is 11.9. The van der Waals surface area contributed by atoms with Crippen LogP contribution in [0.15, 0.2) is 21.0 Å². The van der Waals surface area contributed by atoms with Crippen LogP contribution in [0.3, 0.4) is 0 Å². The molecular weight excluding hydrogens is 338 g/mol. The third kappa shape index (κ3) is 2.15. The van der Waals surface area contributed by atoms with Crippen molar-refractivity contribution in [3.05, 3.63) is 49.1 Å². The molecule has 3 aromatic rings. The van der Waals surface area contributed by atoms with Crippen molar-refractivity contribution >= 4 is 28.2 Å². The van der Waals surface area contributed by atoms with Crippen LogP contribution in [0.5, 0.6) is 0 Å². The van der Waals surface area contributed by atoms with Crippen molar-refractivity contribution in [2.75, 3.05) is 0 Å². The van der Waals surface area contributed by atoms with Crippen LogP contribution >= 0.6 is 11.3 Å². The minimum atomic E-state index is -0.416. The van der Waals surface area contributed by atoms with Crippen molar-refractivity contribution in [3.8, 4) is 10.4 Å². The third-order valence-corrected chi connectivity index (χ3v) is 5.88. The Morgan fingerprint density at radius 3 is 2.52 bits per heavy atom. The van der Waals surface area contributed by atoms with Crippen LogP contribution in [0.1, 0.15) is 34.5 Å². The summed E-state index contributed by atoms with van der Waals surface area (Å²) in [5.41, 5.74) is 2.43. The summed E-state index contributed by atoms with van der Waals surface area (Å²) in [5.74, 6) is 0.0226. The zero-order chi connectivity index (χ0) is 17.9. The van der Waals surface area contributed by atoms with E-state index in [9.17, 15) is 14.4 Å². The van der Waals surface area contributed by atoms with Crippen LogP contribution in [0.4, 0.5) is 0 Å². The summed E-state index contributed by atoms with van der Waals surface area (Å²) in [6.45, 7) is 1.96. The molecule has 0 fully saturated rings. The Balaban J connectivity index is 2.33. The lowest BCUT2D eigenvalue weighted by Gasteiger charge is -2.20. The van der Waals surface area contributed by atoms with Crippen LogP contribution < -0.4 is 11.2 Å². The van der Waals surface area contributed by atoms with E-state index in [2.05, 4.69) is 4.98 Å². The Kier molecular flexibility index (Phi) is 3.50. The average Bonchev–Trinajstić information content (AvgIpc) is 3.02. The summed E-state index contributed by atoms with van der Waals surface area (Å²) < 4.78 is 2.47. The van der Waals surface area contributed by atoms with E-state index >= 15 is 0 Å². The minimum absolute atomic E-state index is 0.0226.